The van der Waals surface area contributed by atoms with Crippen LogP contribution in [0.25, 0.3) is 0 Å². The molecule has 1 amide bonds. The van der Waals surface area contributed by atoms with E-state index in [1.54, 1.807) is 11.8 Å². The van der Waals surface area contributed by atoms with Crippen molar-refractivity contribution in [3.05, 3.63) is 0 Å². The maximum Gasteiger partial charge on any atom is 0.229 e. The van der Waals surface area contributed by atoms with Crippen molar-refractivity contribution in [2.24, 2.45) is 11.7 Å². The zero-order chi connectivity index (χ0) is 11.8. The summed E-state index contributed by atoms with van der Waals surface area (Å²) in [6, 6.07) is 0. The summed E-state index contributed by atoms with van der Waals surface area (Å²) in [7, 11) is 0. The van der Waals surface area contributed by atoms with Crippen LogP contribution in [-0.4, -0.2) is 28.9 Å². The predicted molar refractivity (Wildman–Crippen MR) is 71.2 cm³/mol. The van der Waals surface area contributed by atoms with Crippen LogP contribution in [0, 0.1) is 5.92 Å². The van der Waals surface area contributed by atoms with Gasteiger partial charge in [-0.2, -0.15) is 11.8 Å². The molecule has 0 radical (unpaired) electrons. The van der Waals surface area contributed by atoms with Gasteiger partial charge in [0.15, 0.2) is 0 Å². The van der Waals surface area contributed by atoms with Crippen molar-refractivity contribution in [2.45, 2.75) is 31.9 Å². The molecule has 0 fully saturated rings. The minimum absolute atomic E-state index is 0.0432. The molecule has 0 aromatic rings. The van der Waals surface area contributed by atoms with Gasteiger partial charge >= 0.3 is 0 Å². The van der Waals surface area contributed by atoms with Crippen LogP contribution in [0.1, 0.15) is 26.7 Å². The van der Waals surface area contributed by atoms with E-state index in [9.17, 15) is 4.79 Å². The van der Waals surface area contributed by atoms with E-state index >= 15 is 0 Å². The average Bonchev–Trinajstić information content (AvgIpc) is 2.17. The molecule has 0 spiro atoms. The van der Waals surface area contributed by atoms with Gasteiger partial charge in [0.05, 0.1) is 10.9 Å². The highest BCUT2D eigenvalue weighted by Crippen LogP contribution is 2.08. The molecule has 2 atom stereocenters. The van der Waals surface area contributed by atoms with Gasteiger partial charge in [0.2, 0.25) is 5.91 Å². The Labute approximate surface area is 102 Å². The maximum absolute atomic E-state index is 11.6. The Bertz CT molecular complexity index is 221. The van der Waals surface area contributed by atoms with E-state index in [1.807, 2.05) is 6.92 Å². The average molecular weight is 248 g/mol. The van der Waals surface area contributed by atoms with Crippen molar-refractivity contribution in [1.82, 2.24) is 5.32 Å². The SMILES string of the molecule is CCC(C(=O)NCCC(C)SC)C(N)=S. The number of carbonyl (C=O) groups is 1. The van der Waals surface area contributed by atoms with Gasteiger partial charge in [-0.1, -0.05) is 26.1 Å². The van der Waals surface area contributed by atoms with Crippen LogP contribution in [0.5, 0.6) is 0 Å². The summed E-state index contributed by atoms with van der Waals surface area (Å²) in [5.41, 5.74) is 5.47. The number of thiocarbonyl (C=S) groups is 1. The summed E-state index contributed by atoms with van der Waals surface area (Å²) in [4.78, 5) is 11.9. The molecule has 0 aliphatic rings. The number of thioether (sulfide) groups is 1. The summed E-state index contributed by atoms with van der Waals surface area (Å²) in [6.45, 7) is 4.75. The van der Waals surface area contributed by atoms with Crippen LogP contribution < -0.4 is 11.1 Å². The second kappa shape index (κ2) is 7.93. The maximum atomic E-state index is 11.6. The summed E-state index contributed by atoms with van der Waals surface area (Å²) < 4.78 is 0. The largest absolute Gasteiger partial charge is 0.393 e. The van der Waals surface area contributed by atoms with Crippen molar-refractivity contribution in [3.63, 3.8) is 0 Å². The van der Waals surface area contributed by atoms with E-state index in [1.165, 1.54) is 0 Å². The van der Waals surface area contributed by atoms with Gasteiger partial charge in [-0.25, -0.2) is 0 Å². The van der Waals surface area contributed by atoms with Gasteiger partial charge in [0.25, 0.3) is 0 Å². The predicted octanol–water partition coefficient (Wildman–Crippen LogP) is 1.56. The molecule has 0 aliphatic heterocycles. The summed E-state index contributed by atoms with van der Waals surface area (Å²) in [5.74, 6) is -0.358. The number of nitrogens with one attached hydrogen (secondary N) is 1. The van der Waals surface area contributed by atoms with Crippen molar-refractivity contribution in [3.8, 4) is 0 Å². The highest BCUT2D eigenvalue weighted by Gasteiger charge is 2.18. The molecule has 3 N–H and O–H groups in total. The van der Waals surface area contributed by atoms with Gasteiger partial charge in [0, 0.05) is 11.8 Å². The third-order valence-electron chi connectivity index (χ3n) is 2.32. The molecule has 0 bridgehead atoms. The van der Waals surface area contributed by atoms with Gasteiger partial charge in [-0.15, -0.1) is 0 Å². The van der Waals surface area contributed by atoms with E-state index in [0.717, 1.165) is 6.42 Å². The van der Waals surface area contributed by atoms with Crippen LogP contribution in [-0.2, 0) is 4.79 Å². The first kappa shape index (κ1) is 14.7. The third-order valence-corrected chi connectivity index (χ3v) is 3.65. The van der Waals surface area contributed by atoms with E-state index in [2.05, 4.69) is 18.5 Å². The van der Waals surface area contributed by atoms with Gasteiger partial charge < -0.3 is 11.1 Å². The second-order valence-corrected chi connectivity index (χ2v) is 5.24. The van der Waals surface area contributed by atoms with Crippen molar-refractivity contribution in [2.75, 3.05) is 12.8 Å². The van der Waals surface area contributed by atoms with Crippen molar-refractivity contribution < 1.29 is 4.79 Å². The van der Waals surface area contributed by atoms with E-state index < -0.39 is 0 Å². The fourth-order valence-corrected chi connectivity index (χ4v) is 1.78. The monoisotopic (exact) mass is 248 g/mol. The van der Waals surface area contributed by atoms with Gasteiger partial charge in [0.1, 0.15) is 0 Å². The molecule has 0 aliphatic carbocycles. The summed E-state index contributed by atoms with van der Waals surface area (Å²) in [5, 5.41) is 3.43. The van der Waals surface area contributed by atoms with Crippen LogP contribution in [0.15, 0.2) is 0 Å². The number of hydrogen-bond donors (Lipinski definition) is 2. The molecule has 88 valence electrons. The molecule has 0 saturated heterocycles. The van der Waals surface area contributed by atoms with E-state index in [0.29, 0.717) is 18.2 Å². The zero-order valence-corrected chi connectivity index (χ0v) is 11.2. The lowest BCUT2D eigenvalue weighted by Gasteiger charge is -2.14. The molecule has 15 heavy (non-hydrogen) atoms. The molecule has 0 aromatic heterocycles. The Kier molecular flexibility index (Phi) is 7.78. The minimum Gasteiger partial charge on any atom is -0.393 e. The molecule has 0 rings (SSSR count). The molecule has 0 aromatic carbocycles. The Hall–Kier alpha value is -0.290. The molecule has 5 heteroatoms. The lowest BCUT2D eigenvalue weighted by Crippen LogP contribution is -2.38. The Morgan fingerprint density at radius 2 is 2.20 bits per heavy atom. The fraction of sp³-hybridized carbons (Fsp3) is 0.800. The highest BCUT2D eigenvalue weighted by molar-refractivity contribution is 7.99. The zero-order valence-electron chi connectivity index (χ0n) is 9.58. The summed E-state index contributed by atoms with van der Waals surface area (Å²) >= 11 is 6.63. The molecule has 0 saturated carbocycles. The van der Waals surface area contributed by atoms with Gasteiger partial charge in [-0.05, 0) is 19.1 Å². The smallest absolute Gasteiger partial charge is 0.229 e. The number of nitrogens with two attached hydrogens (primary N) is 1. The minimum atomic E-state index is -0.315. The quantitative estimate of drug-likeness (QED) is 0.671. The summed E-state index contributed by atoms with van der Waals surface area (Å²) in [6.07, 6.45) is 3.70. The molecule has 3 nitrogen and oxygen atoms in total. The molecule has 2 unspecified atom stereocenters. The fourth-order valence-electron chi connectivity index (χ4n) is 1.16. The Balaban J connectivity index is 3.87. The van der Waals surface area contributed by atoms with E-state index in [4.69, 9.17) is 18.0 Å². The van der Waals surface area contributed by atoms with Crippen LogP contribution in [0.2, 0.25) is 0 Å². The number of hydrogen-bond acceptors (Lipinski definition) is 3. The van der Waals surface area contributed by atoms with Crippen LogP contribution in [0.3, 0.4) is 0 Å². The van der Waals surface area contributed by atoms with Crippen molar-refractivity contribution in [1.29, 1.82) is 0 Å². The van der Waals surface area contributed by atoms with Crippen molar-refractivity contribution >= 4 is 34.9 Å². The lowest BCUT2D eigenvalue weighted by molar-refractivity contribution is -0.123. The normalized spacial score (nSPS) is 14.3. The first-order valence-electron chi connectivity index (χ1n) is 5.12. The molecule has 0 heterocycles. The van der Waals surface area contributed by atoms with Crippen LogP contribution in [0.4, 0.5) is 0 Å². The second-order valence-electron chi connectivity index (χ2n) is 3.49. The molecular formula is C10H20N2OS2. The molecular weight excluding hydrogens is 228 g/mol. The van der Waals surface area contributed by atoms with Gasteiger partial charge in [-0.3, -0.25) is 4.79 Å². The van der Waals surface area contributed by atoms with E-state index in [-0.39, 0.29) is 16.8 Å². The Morgan fingerprint density at radius 1 is 1.60 bits per heavy atom. The third kappa shape index (κ3) is 5.99. The number of amides is 1. The first-order chi connectivity index (χ1) is 7.02. The lowest BCUT2D eigenvalue weighted by atomic mass is 10.1. The standard InChI is InChI=1S/C10H20N2OS2/c1-4-8(9(11)14)10(13)12-6-5-7(2)15-3/h7-8H,4-6H2,1-3H3,(H2,11,14)(H,12,13). The Morgan fingerprint density at radius 3 is 2.60 bits per heavy atom. The number of carbonyl (C=O) groups excluding carboxylic acids is 1. The van der Waals surface area contributed by atoms with Crippen LogP contribution >= 0.6 is 24.0 Å². The topological polar surface area (TPSA) is 55.1 Å². The highest BCUT2D eigenvalue weighted by atomic mass is 32.2. The number of rotatable bonds is 7. The first-order valence-corrected chi connectivity index (χ1v) is 6.82.